The van der Waals surface area contributed by atoms with E-state index >= 15 is 0 Å². The van der Waals surface area contributed by atoms with Crippen LogP contribution in [0.5, 0.6) is 0 Å². The SMILES string of the molecule is COC(=O)C1=C(C(=O)OC)N(c2cccc3[nH]cnc23)C(N)=C(C#N)C1c1ccccc1. The fourth-order valence-corrected chi connectivity index (χ4v) is 3.89. The number of ether oxygens (including phenoxy) is 2. The van der Waals surface area contributed by atoms with Crippen molar-refractivity contribution in [2.24, 2.45) is 5.73 Å². The van der Waals surface area contributed by atoms with Gasteiger partial charge in [-0.1, -0.05) is 36.4 Å². The number of nitrogens with zero attached hydrogens (tertiary/aromatic N) is 3. The molecule has 1 aliphatic heterocycles. The minimum absolute atomic E-state index is 0.00935. The number of allylic oxidation sites excluding steroid dienone is 1. The molecule has 32 heavy (non-hydrogen) atoms. The molecule has 0 saturated carbocycles. The Kier molecular flexibility index (Phi) is 5.35. The summed E-state index contributed by atoms with van der Waals surface area (Å²) in [4.78, 5) is 34.7. The molecule has 0 fully saturated rings. The number of para-hydroxylation sites is 1. The van der Waals surface area contributed by atoms with Gasteiger partial charge in [0, 0.05) is 0 Å². The topological polar surface area (TPSA) is 134 Å². The molecule has 0 bridgehead atoms. The lowest BCUT2D eigenvalue weighted by atomic mass is 9.81. The first kappa shape index (κ1) is 20.7. The van der Waals surface area contributed by atoms with Crippen molar-refractivity contribution in [3.63, 3.8) is 0 Å². The number of hydrogen-bond donors (Lipinski definition) is 2. The number of H-pyrrole nitrogens is 1. The maximum Gasteiger partial charge on any atom is 0.355 e. The molecule has 9 nitrogen and oxygen atoms in total. The Morgan fingerprint density at radius 1 is 1.09 bits per heavy atom. The summed E-state index contributed by atoms with van der Waals surface area (Å²) in [5, 5.41) is 10.1. The summed E-state index contributed by atoms with van der Waals surface area (Å²) in [6, 6.07) is 16.2. The van der Waals surface area contributed by atoms with Crippen LogP contribution in [0, 0.1) is 11.3 Å². The molecule has 2 heterocycles. The highest BCUT2D eigenvalue weighted by Gasteiger charge is 2.43. The van der Waals surface area contributed by atoms with Crippen LogP contribution < -0.4 is 10.6 Å². The second-order valence-electron chi connectivity index (χ2n) is 6.91. The van der Waals surface area contributed by atoms with Gasteiger partial charge in [0.05, 0.1) is 54.9 Å². The molecule has 3 aromatic rings. The Hall–Kier alpha value is -4.58. The lowest BCUT2D eigenvalue weighted by Crippen LogP contribution is -2.40. The van der Waals surface area contributed by atoms with E-state index < -0.39 is 17.9 Å². The standard InChI is InChI=1S/C23H19N5O4/c1-31-22(29)18-17(13-7-4-3-5-8-13)14(11-24)21(25)28(20(18)23(30)32-2)16-10-6-9-15-19(16)27-12-26-15/h3-10,12,17H,25H2,1-2H3,(H,26,27). The Morgan fingerprint density at radius 2 is 1.81 bits per heavy atom. The van der Waals surface area contributed by atoms with Crippen LogP contribution in [0.15, 0.2) is 77.5 Å². The Labute approximate surface area is 183 Å². The molecule has 9 heteroatoms. The lowest BCUT2D eigenvalue weighted by molar-refractivity contribution is -0.139. The summed E-state index contributed by atoms with van der Waals surface area (Å²) in [6.45, 7) is 0. The second-order valence-corrected chi connectivity index (χ2v) is 6.91. The number of hydrogen-bond acceptors (Lipinski definition) is 8. The largest absolute Gasteiger partial charge is 0.466 e. The molecule has 0 radical (unpaired) electrons. The van der Waals surface area contributed by atoms with Crippen molar-refractivity contribution in [2.45, 2.75) is 5.92 Å². The molecular formula is C23H19N5O4. The molecule has 2 aromatic carbocycles. The van der Waals surface area contributed by atoms with E-state index in [1.165, 1.54) is 25.4 Å². The van der Waals surface area contributed by atoms with Crippen molar-refractivity contribution in [3.8, 4) is 6.07 Å². The van der Waals surface area contributed by atoms with Crippen LogP contribution >= 0.6 is 0 Å². The highest BCUT2D eigenvalue weighted by Crippen LogP contribution is 2.44. The number of anilines is 1. The third-order valence-electron chi connectivity index (χ3n) is 5.28. The van der Waals surface area contributed by atoms with E-state index in [1.54, 1.807) is 48.5 Å². The molecule has 160 valence electrons. The van der Waals surface area contributed by atoms with Gasteiger partial charge in [-0.05, 0) is 17.7 Å². The number of nitrogens with two attached hydrogens (primary N) is 1. The minimum Gasteiger partial charge on any atom is -0.466 e. The van der Waals surface area contributed by atoms with Crippen LogP contribution in [0.2, 0.25) is 0 Å². The Bertz CT molecular complexity index is 1320. The molecule has 0 aliphatic carbocycles. The van der Waals surface area contributed by atoms with Crippen molar-refractivity contribution in [1.29, 1.82) is 5.26 Å². The summed E-state index contributed by atoms with van der Waals surface area (Å²) in [5.41, 5.74) is 8.58. The van der Waals surface area contributed by atoms with E-state index in [0.29, 0.717) is 22.3 Å². The highest BCUT2D eigenvalue weighted by molar-refractivity contribution is 6.08. The van der Waals surface area contributed by atoms with Crippen LogP contribution in [-0.4, -0.2) is 36.1 Å². The van der Waals surface area contributed by atoms with Crippen LogP contribution in [0.4, 0.5) is 5.69 Å². The fraction of sp³-hybridized carbons (Fsp3) is 0.130. The number of carbonyl (C=O) groups is 2. The van der Waals surface area contributed by atoms with Gasteiger partial charge in [0.25, 0.3) is 0 Å². The van der Waals surface area contributed by atoms with Crippen LogP contribution in [0.25, 0.3) is 11.0 Å². The number of nitrogens with one attached hydrogen (secondary N) is 1. The lowest BCUT2D eigenvalue weighted by Gasteiger charge is -2.35. The van der Waals surface area contributed by atoms with E-state index in [4.69, 9.17) is 15.2 Å². The Morgan fingerprint density at radius 3 is 2.47 bits per heavy atom. The van der Waals surface area contributed by atoms with Gasteiger partial charge in [0.15, 0.2) is 0 Å². The average Bonchev–Trinajstić information content (AvgIpc) is 3.32. The van der Waals surface area contributed by atoms with Crippen molar-refractivity contribution < 1.29 is 19.1 Å². The van der Waals surface area contributed by atoms with E-state index in [0.717, 1.165) is 0 Å². The summed E-state index contributed by atoms with van der Waals surface area (Å²) < 4.78 is 10.1. The first-order valence-corrected chi connectivity index (χ1v) is 9.61. The summed E-state index contributed by atoms with van der Waals surface area (Å²) >= 11 is 0. The van der Waals surface area contributed by atoms with Crippen molar-refractivity contribution in [2.75, 3.05) is 19.1 Å². The van der Waals surface area contributed by atoms with Crippen molar-refractivity contribution in [1.82, 2.24) is 9.97 Å². The van der Waals surface area contributed by atoms with Gasteiger partial charge >= 0.3 is 11.9 Å². The van der Waals surface area contributed by atoms with Gasteiger partial charge in [-0.15, -0.1) is 0 Å². The van der Waals surface area contributed by atoms with Gasteiger partial charge in [-0.2, -0.15) is 5.26 Å². The number of rotatable bonds is 4. The number of benzene rings is 2. The van der Waals surface area contributed by atoms with E-state index in [-0.39, 0.29) is 22.7 Å². The zero-order chi connectivity index (χ0) is 22.8. The third kappa shape index (κ3) is 3.15. The number of esters is 2. The molecule has 0 saturated heterocycles. The number of nitriles is 1. The Balaban J connectivity index is 2.11. The molecular weight excluding hydrogens is 410 g/mol. The molecule has 1 aromatic heterocycles. The normalized spacial score (nSPS) is 16.2. The predicted octanol–water partition coefficient (Wildman–Crippen LogP) is 2.46. The summed E-state index contributed by atoms with van der Waals surface area (Å²) in [6.07, 6.45) is 1.50. The maximum absolute atomic E-state index is 13.1. The third-order valence-corrected chi connectivity index (χ3v) is 5.28. The first-order chi connectivity index (χ1) is 15.5. The molecule has 4 rings (SSSR count). The van der Waals surface area contributed by atoms with Crippen LogP contribution in [0.1, 0.15) is 11.5 Å². The van der Waals surface area contributed by atoms with E-state index in [2.05, 4.69) is 16.0 Å². The van der Waals surface area contributed by atoms with E-state index in [1.807, 2.05) is 0 Å². The zero-order valence-electron chi connectivity index (χ0n) is 17.3. The second kappa shape index (κ2) is 8.28. The molecule has 1 unspecified atom stereocenters. The highest BCUT2D eigenvalue weighted by atomic mass is 16.5. The molecule has 3 N–H and O–H groups in total. The molecule has 0 amide bonds. The first-order valence-electron chi connectivity index (χ1n) is 9.61. The van der Waals surface area contributed by atoms with Crippen molar-refractivity contribution in [3.05, 3.63) is 83.1 Å². The number of imidazole rings is 1. The molecule has 1 aliphatic rings. The molecule has 0 spiro atoms. The number of methoxy groups -OCH3 is 2. The van der Waals surface area contributed by atoms with Crippen LogP contribution in [-0.2, 0) is 19.1 Å². The van der Waals surface area contributed by atoms with Gasteiger partial charge in [-0.25, -0.2) is 14.6 Å². The fourth-order valence-electron chi connectivity index (χ4n) is 3.89. The smallest absolute Gasteiger partial charge is 0.355 e. The predicted molar refractivity (Wildman–Crippen MR) is 116 cm³/mol. The zero-order valence-corrected chi connectivity index (χ0v) is 17.3. The number of aromatic amines is 1. The number of aromatic nitrogens is 2. The van der Waals surface area contributed by atoms with Gasteiger partial charge in [0.1, 0.15) is 17.0 Å². The number of carbonyl (C=O) groups excluding carboxylic acids is 2. The van der Waals surface area contributed by atoms with Gasteiger partial charge < -0.3 is 20.2 Å². The van der Waals surface area contributed by atoms with E-state index in [9.17, 15) is 14.9 Å². The monoisotopic (exact) mass is 429 g/mol. The minimum atomic E-state index is -0.919. The quantitative estimate of drug-likeness (QED) is 0.604. The average molecular weight is 429 g/mol. The molecule has 1 atom stereocenters. The van der Waals surface area contributed by atoms with Gasteiger partial charge in [0.2, 0.25) is 0 Å². The van der Waals surface area contributed by atoms with Crippen LogP contribution in [0.3, 0.4) is 0 Å². The summed E-state index contributed by atoms with van der Waals surface area (Å²) in [5.74, 6) is -2.51. The maximum atomic E-state index is 13.1. The number of fused-ring (bicyclic) bond motifs is 1. The summed E-state index contributed by atoms with van der Waals surface area (Å²) in [7, 11) is 2.41. The van der Waals surface area contributed by atoms with Crippen molar-refractivity contribution >= 4 is 28.7 Å². The van der Waals surface area contributed by atoms with Gasteiger partial charge in [-0.3, -0.25) is 4.90 Å².